The third-order valence-electron chi connectivity index (χ3n) is 6.41. The molecule has 5 rings (SSSR count). The second-order valence-corrected chi connectivity index (χ2v) is 8.65. The van der Waals surface area contributed by atoms with Gasteiger partial charge in [0.15, 0.2) is 6.04 Å². The zero-order valence-corrected chi connectivity index (χ0v) is 18.1. The van der Waals surface area contributed by atoms with Crippen LogP contribution in [0.4, 0.5) is 0 Å². The Kier molecular flexibility index (Phi) is 5.56. The lowest BCUT2D eigenvalue weighted by atomic mass is 9.99. The minimum Gasteiger partial charge on any atom is -0.376 e. The zero-order chi connectivity index (χ0) is 21.4. The number of quaternary nitrogens is 1. The van der Waals surface area contributed by atoms with Crippen LogP contribution in [0, 0.1) is 13.8 Å². The van der Waals surface area contributed by atoms with Gasteiger partial charge in [0.1, 0.15) is 13.1 Å². The average molecular weight is 426 g/mol. The minimum absolute atomic E-state index is 0.0897. The van der Waals surface area contributed by atoms with Gasteiger partial charge >= 0.3 is 0 Å². The highest BCUT2D eigenvalue weighted by Gasteiger charge is 2.36. The van der Waals surface area contributed by atoms with Crippen LogP contribution in [-0.2, 0) is 16.0 Å². The second kappa shape index (κ2) is 8.49. The normalized spacial score (nSPS) is 21.0. The number of ether oxygens (including phenoxy) is 2. The van der Waals surface area contributed by atoms with Gasteiger partial charge in [0.25, 0.3) is 5.56 Å². The fourth-order valence-electron chi connectivity index (χ4n) is 4.90. The minimum atomic E-state index is -0.269. The average Bonchev–Trinajstić information content (AvgIpc) is 3.43. The molecule has 0 unspecified atom stereocenters. The molecule has 2 atom stereocenters. The Hall–Kier alpha value is -2.62. The summed E-state index contributed by atoms with van der Waals surface area (Å²) >= 11 is 0. The lowest BCUT2D eigenvalue weighted by Gasteiger charge is -2.30. The summed E-state index contributed by atoms with van der Waals surface area (Å²) in [6.07, 6.45) is 2.18. The summed E-state index contributed by atoms with van der Waals surface area (Å²) in [4.78, 5) is 17.6. The van der Waals surface area contributed by atoms with Gasteiger partial charge in [0.05, 0.1) is 31.4 Å². The Balaban J connectivity index is 1.62. The molecule has 2 aliphatic rings. The number of aromatic amines is 1. The van der Waals surface area contributed by atoms with Crippen molar-refractivity contribution in [2.45, 2.75) is 45.4 Å². The van der Waals surface area contributed by atoms with E-state index >= 15 is 0 Å². The molecule has 2 N–H and O–H groups in total. The molecule has 0 saturated carbocycles. The number of tetrazole rings is 1. The third kappa shape index (κ3) is 4.00. The highest BCUT2D eigenvalue weighted by molar-refractivity contribution is 5.83. The van der Waals surface area contributed by atoms with E-state index in [0.717, 1.165) is 54.6 Å². The molecule has 4 heterocycles. The van der Waals surface area contributed by atoms with Gasteiger partial charge in [-0.25, -0.2) is 4.68 Å². The largest absolute Gasteiger partial charge is 0.376 e. The van der Waals surface area contributed by atoms with Gasteiger partial charge in [-0.15, -0.1) is 5.10 Å². The van der Waals surface area contributed by atoms with Crippen LogP contribution in [-0.4, -0.2) is 64.2 Å². The molecule has 9 nitrogen and oxygen atoms in total. The molecule has 2 saturated heterocycles. The topological polar surface area (TPSA) is 99.4 Å². The fraction of sp³-hybridized carbons (Fsp3) is 0.545. The van der Waals surface area contributed by atoms with E-state index in [2.05, 4.69) is 33.5 Å². The van der Waals surface area contributed by atoms with Gasteiger partial charge in [-0.3, -0.25) is 4.79 Å². The number of nitrogens with zero attached hydrogens (tertiary/aromatic N) is 4. The summed E-state index contributed by atoms with van der Waals surface area (Å²) < 4.78 is 13.2. The number of fused-ring (bicyclic) bond motifs is 1. The third-order valence-corrected chi connectivity index (χ3v) is 6.41. The highest BCUT2D eigenvalue weighted by atomic mass is 16.5. The maximum absolute atomic E-state index is 13.3. The first-order valence-electron chi connectivity index (χ1n) is 11.0. The zero-order valence-electron chi connectivity index (χ0n) is 18.1. The standard InChI is InChI=1S/C22H28N6O3/c1-14-10-15(2)17-12-18(22(29)23-19(17)11-14)20(27-5-8-30-9-6-27)21-24-25-26-28(21)13-16-4-3-7-31-16/h10-12,16,20H,3-9,13H2,1-2H3,(H,23,29)/p+1/t16-,20-/m0/s1. The van der Waals surface area contributed by atoms with Crippen molar-refractivity contribution in [2.75, 3.05) is 32.9 Å². The molecule has 2 aliphatic heterocycles. The van der Waals surface area contributed by atoms with E-state index in [1.54, 1.807) is 0 Å². The van der Waals surface area contributed by atoms with E-state index in [4.69, 9.17) is 9.47 Å². The SMILES string of the molecule is Cc1cc(C)c2cc([C@@H](c3nnnn3C[C@@H]3CCCO3)[NH+]3CCOCC3)c(=O)[nH]c2c1. The van der Waals surface area contributed by atoms with Crippen molar-refractivity contribution in [3.63, 3.8) is 0 Å². The monoisotopic (exact) mass is 425 g/mol. The van der Waals surface area contributed by atoms with Crippen LogP contribution in [0.25, 0.3) is 10.9 Å². The number of H-pyrrole nitrogens is 1. The van der Waals surface area contributed by atoms with Crippen molar-refractivity contribution < 1.29 is 14.4 Å². The van der Waals surface area contributed by atoms with Crippen molar-refractivity contribution in [1.29, 1.82) is 0 Å². The first-order valence-corrected chi connectivity index (χ1v) is 11.0. The predicted molar refractivity (Wildman–Crippen MR) is 114 cm³/mol. The van der Waals surface area contributed by atoms with E-state index in [9.17, 15) is 4.79 Å². The van der Waals surface area contributed by atoms with E-state index in [1.165, 1.54) is 4.90 Å². The number of rotatable bonds is 5. The smallest absolute Gasteiger partial charge is 0.258 e. The molecule has 2 aromatic heterocycles. The van der Waals surface area contributed by atoms with Crippen molar-refractivity contribution in [3.05, 3.63) is 51.1 Å². The van der Waals surface area contributed by atoms with Crippen LogP contribution < -0.4 is 10.5 Å². The number of hydrogen-bond acceptors (Lipinski definition) is 6. The van der Waals surface area contributed by atoms with E-state index in [0.29, 0.717) is 31.1 Å². The molecule has 3 aromatic rings. The van der Waals surface area contributed by atoms with Gasteiger partial charge in [-0.05, 0) is 60.4 Å². The van der Waals surface area contributed by atoms with Gasteiger partial charge in [0, 0.05) is 17.5 Å². The molecule has 1 aromatic carbocycles. The molecule has 0 aliphatic carbocycles. The summed E-state index contributed by atoms with van der Waals surface area (Å²) in [5.41, 5.74) is 3.74. The molecular formula is C22H29N6O3+. The van der Waals surface area contributed by atoms with Gasteiger partial charge in [-0.1, -0.05) is 6.07 Å². The van der Waals surface area contributed by atoms with Crippen LogP contribution in [0.5, 0.6) is 0 Å². The molecule has 0 bridgehead atoms. The summed E-state index contributed by atoms with van der Waals surface area (Å²) in [7, 11) is 0. The van der Waals surface area contributed by atoms with Gasteiger partial charge in [0.2, 0.25) is 5.82 Å². The Morgan fingerprint density at radius 1 is 1.23 bits per heavy atom. The Morgan fingerprint density at radius 2 is 2.06 bits per heavy atom. The van der Waals surface area contributed by atoms with E-state index in [1.807, 2.05) is 23.7 Å². The van der Waals surface area contributed by atoms with Crippen LogP contribution in [0.15, 0.2) is 23.0 Å². The number of morpholine rings is 1. The maximum atomic E-state index is 13.3. The Morgan fingerprint density at radius 3 is 2.84 bits per heavy atom. The molecular weight excluding hydrogens is 396 g/mol. The number of nitrogens with one attached hydrogen (secondary N) is 2. The first kappa shape index (κ1) is 20.3. The molecule has 0 spiro atoms. The maximum Gasteiger partial charge on any atom is 0.258 e. The Bertz CT molecular complexity index is 1130. The number of benzene rings is 1. The quantitative estimate of drug-likeness (QED) is 0.611. The molecule has 164 valence electrons. The molecule has 31 heavy (non-hydrogen) atoms. The van der Waals surface area contributed by atoms with Crippen LogP contribution in [0.2, 0.25) is 0 Å². The van der Waals surface area contributed by atoms with Crippen LogP contribution >= 0.6 is 0 Å². The fourth-order valence-corrected chi connectivity index (χ4v) is 4.90. The molecule has 2 fully saturated rings. The first-order chi connectivity index (χ1) is 15.1. The summed E-state index contributed by atoms with van der Waals surface area (Å²) in [5, 5.41) is 13.7. The predicted octanol–water partition coefficient (Wildman–Crippen LogP) is 0.315. The van der Waals surface area contributed by atoms with Crippen molar-refractivity contribution in [2.24, 2.45) is 0 Å². The van der Waals surface area contributed by atoms with Crippen molar-refractivity contribution >= 4 is 10.9 Å². The molecule has 0 amide bonds. The summed E-state index contributed by atoms with van der Waals surface area (Å²) in [6, 6.07) is 5.92. The molecule has 9 heteroatoms. The summed E-state index contributed by atoms with van der Waals surface area (Å²) in [6.45, 7) is 8.40. The van der Waals surface area contributed by atoms with E-state index < -0.39 is 0 Å². The van der Waals surface area contributed by atoms with Crippen molar-refractivity contribution in [1.82, 2.24) is 25.2 Å². The number of aryl methyl sites for hydroxylation is 2. The highest BCUT2D eigenvalue weighted by Crippen LogP contribution is 2.23. The number of hydrogen-bond donors (Lipinski definition) is 2. The lowest BCUT2D eigenvalue weighted by molar-refractivity contribution is -0.933. The van der Waals surface area contributed by atoms with Crippen molar-refractivity contribution in [3.8, 4) is 0 Å². The second-order valence-electron chi connectivity index (χ2n) is 8.65. The Labute approximate surface area is 180 Å². The molecule has 0 radical (unpaired) electrons. The van der Waals surface area contributed by atoms with Crippen LogP contribution in [0.3, 0.4) is 0 Å². The number of aromatic nitrogens is 5. The van der Waals surface area contributed by atoms with Gasteiger partial charge in [-0.2, -0.15) is 0 Å². The van der Waals surface area contributed by atoms with E-state index in [-0.39, 0.29) is 17.7 Å². The summed E-state index contributed by atoms with van der Waals surface area (Å²) in [5.74, 6) is 0.710. The van der Waals surface area contributed by atoms with Gasteiger partial charge < -0.3 is 19.4 Å². The van der Waals surface area contributed by atoms with Crippen LogP contribution in [0.1, 0.15) is 41.4 Å². The lowest BCUT2D eigenvalue weighted by Crippen LogP contribution is -3.14. The number of pyridine rings is 1.